The first-order valence-electron chi connectivity index (χ1n) is 11.7. The van der Waals surface area contributed by atoms with Gasteiger partial charge in [-0.25, -0.2) is 13.8 Å². The number of aryl methyl sites for hydroxylation is 1. The summed E-state index contributed by atoms with van der Waals surface area (Å²) in [5.41, 5.74) is 1.74. The lowest BCUT2D eigenvalue weighted by Crippen LogP contribution is -2.58. The third-order valence-corrected chi connectivity index (χ3v) is 8.74. The quantitative estimate of drug-likeness (QED) is 0.484. The molecule has 0 aromatic carbocycles. The second-order valence-electron chi connectivity index (χ2n) is 10.5. The zero-order valence-corrected chi connectivity index (χ0v) is 21.0. The minimum absolute atomic E-state index is 0.0924. The van der Waals surface area contributed by atoms with Crippen molar-refractivity contribution < 1.29 is 23.2 Å². The maximum atomic E-state index is 13.5. The summed E-state index contributed by atoms with van der Waals surface area (Å²) in [6, 6.07) is 6.91. The fourth-order valence-electron chi connectivity index (χ4n) is 5.58. The second kappa shape index (κ2) is 7.61. The number of nitrogens with zero attached hydrogens (tertiary/aromatic N) is 5. The van der Waals surface area contributed by atoms with Crippen molar-refractivity contribution in [1.82, 2.24) is 19.8 Å². The molecule has 3 amide bonds. The number of pyridine rings is 2. The normalized spacial score (nSPS) is 23.1. The van der Waals surface area contributed by atoms with E-state index in [2.05, 4.69) is 9.97 Å². The van der Waals surface area contributed by atoms with E-state index in [1.54, 1.807) is 25.3 Å². The number of carbonyl (C=O) groups excluding carboxylic acids is 3. The minimum atomic E-state index is -2.92. The van der Waals surface area contributed by atoms with Gasteiger partial charge in [-0.15, -0.1) is 11.3 Å². The van der Waals surface area contributed by atoms with Crippen molar-refractivity contribution in [2.75, 3.05) is 13.1 Å². The van der Waals surface area contributed by atoms with Gasteiger partial charge in [0.1, 0.15) is 11.8 Å². The lowest BCUT2D eigenvalue weighted by atomic mass is 9.98. The first-order valence-corrected chi connectivity index (χ1v) is 12.6. The van der Waals surface area contributed by atoms with Crippen LogP contribution in [0.3, 0.4) is 0 Å². The zero-order chi connectivity index (χ0) is 26.4. The number of piperidine rings is 1. The number of thiophene rings is 1. The van der Waals surface area contributed by atoms with Gasteiger partial charge >= 0.3 is 0 Å². The molecule has 0 bridgehead atoms. The molecule has 1 saturated carbocycles. The van der Waals surface area contributed by atoms with Gasteiger partial charge in [-0.05, 0) is 36.1 Å². The largest absolute Gasteiger partial charge is 0.326 e. The Morgan fingerprint density at radius 2 is 1.89 bits per heavy atom. The first kappa shape index (κ1) is 23.6. The standard InChI is InChI=1S/C26H21F2N5O3S/c1-12-6-13(8-29)31-20(17(12)22(34)32-10-26(27,28)11-32)15-4-5-30-16-7-14(37-21(15)16)9-33-23(35)18-19(24(33)36)25(18,2)3/h4-7,18-19H,9-11H2,1-3H3. The molecule has 3 aliphatic rings. The Hall–Kier alpha value is -3.78. The highest BCUT2D eigenvalue weighted by molar-refractivity contribution is 7.19. The molecular weight excluding hydrogens is 500 g/mol. The van der Waals surface area contributed by atoms with Crippen LogP contribution in [0, 0.1) is 35.5 Å². The molecule has 1 aliphatic carbocycles. The lowest BCUT2D eigenvalue weighted by molar-refractivity contribution is -0.143. The van der Waals surface area contributed by atoms with Gasteiger partial charge in [-0.3, -0.25) is 24.3 Å². The van der Waals surface area contributed by atoms with E-state index in [0.717, 1.165) is 9.78 Å². The molecule has 2 saturated heterocycles. The van der Waals surface area contributed by atoms with E-state index in [0.29, 0.717) is 21.3 Å². The SMILES string of the molecule is Cc1cc(C#N)nc(-c2ccnc3cc(CN4C(=O)C5C(C4=O)C5(C)C)sc23)c1C(=O)N1CC(F)(F)C1. The van der Waals surface area contributed by atoms with Gasteiger partial charge < -0.3 is 4.90 Å². The molecule has 0 spiro atoms. The molecule has 37 heavy (non-hydrogen) atoms. The molecule has 3 aromatic heterocycles. The number of aromatic nitrogens is 2. The Kier molecular flexibility index (Phi) is 4.86. The second-order valence-corrected chi connectivity index (χ2v) is 11.6. The average molecular weight is 522 g/mol. The summed E-state index contributed by atoms with van der Waals surface area (Å²) in [5, 5.41) is 9.50. The maximum absolute atomic E-state index is 13.5. The van der Waals surface area contributed by atoms with Crippen LogP contribution in [0.4, 0.5) is 8.78 Å². The third-order valence-electron chi connectivity index (χ3n) is 7.60. The first-order chi connectivity index (χ1) is 17.4. The van der Waals surface area contributed by atoms with Gasteiger partial charge in [0.2, 0.25) is 11.8 Å². The monoisotopic (exact) mass is 521 g/mol. The highest BCUT2D eigenvalue weighted by atomic mass is 32.1. The van der Waals surface area contributed by atoms with Crippen molar-refractivity contribution in [3.8, 4) is 17.3 Å². The summed E-state index contributed by atoms with van der Waals surface area (Å²) in [6.07, 6.45) is 1.54. The van der Waals surface area contributed by atoms with Crippen molar-refractivity contribution in [1.29, 1.82) is 5.26 Å². The van der Waals surface area contributed by atoms with Gasteiger partial charge in [0.05, 0.1) is 52.9 Å². The number of nitriles is 1. The Labute approximate surface area is 214 Å². The van der Waals surface area contributed by atoms with Crippen LogP contribution in [0.25, 0.3) is 21.5 Å². The van der Waals surface area contributed by atoms with E-state index in [4.69, 9.17) is 0 Å². The van der Waals surface area contributed by atoms with Crippen LogP contribution in [-0.2, 0) is 16.1 Å². The van der Waals surface area contributed by atoms with Crippen molar-refractivity contribution >= 4 is 39.3 Å². The van der Waals surface area contributed by atoms with Crippen molar-refractivity contribution in [3.05, 3.63) is 46.1 Å². The molecule has 188 valence electrons. The highest BCUT2D eigenvalue weighted by Crippen LogP contribution is 2.63. The number of hydrogen-bond acceptors (Lipinski definition) is 7. The zero-order valence-electron chi connectivity index (χ0n) is 20.2. The van der Waals surface area contributed by atoms with Gasteiger partial charge in [0.15, 0.2) is 0 Å². The predicted molar refractivity (Wildman–Crippen MR) is 129 cm³/mol. The molecule has 2 aliphatic heterocycles. The van der Waals surface area contributed by atoms with E-state index in [1.165, 1.54) is 22.3 Å². The average Bonchev–Trinajstić information content (AvgIpc) is 3.07. The van der Waals surface area contributed by atoms with Crippen LogP contribution in [0.2, 0.25) is 0 Å². The van der Waals surface area contributed by atoms with Gasteiger partial charge in [-0.1, -0.05) is 13.8 Å². The summed E-state index contributed by atoms with van der Waals surface area (Å²) >= 11 is 1.32. The Morgan fingerprint density at radius 3 is 2.51 bits per heavy atom. The van der Waals surface area contributed by atoms with Crippen LogP contribution < -0.4 is 0 Å². The third kappa shape index (κ3) is 3.46. The smallest absolute Gasteiger partial charge is 0.282 e. The molecule has 0 radical (unpaired) electrons. The highest BCUT2D eigenvalue weighted by Gasteiger charge is 2.72. The van der Waals surface area contributed by atoms with Gasteiger partial charge in [-0.2, -0.15) is 5.26 Å². The van der Waals surface area contributed by atoms with E-state index in [-0.39, 0.29) is 52.6 Å². The molecule has 11 heteroatoms. The predicted octanol–water partition coefficient (Wildman–Crippen LogP) is 3.77. The summed E-state index contributed by atoms with van der Waals surface area (Å²) in [6.45, 7) is 4.28. The Morgan fingerprint density at radius 1 is 1.22 bits per heavy atom. The molecule has 8 nitrogen and oxygen atoms in total. The topological polar surface area (TPSA) is 107 Å². The van der Waals surface area contributed by atoms with Crippen LogP contribution in [0.15, 0.2) is 24.4 Å². The van der Waals surface area contributed by atoms with E-state index < -0.39 is 24.9 Å². The van der Waals surface area contributed by atoms with Gasteiger partial charge in [0.25, 0.3) is 11.8 Å². The van der Waals surface area contributed by atoms with Crippen LogP contribution in [-0.4, -0.2) is 56.5 Å². The lowest BCUT2D eigenvalue weighted by Gasteiger charge is -2.39. The van der Waals surface area contributed by atoms with Crippen molar-refractivity contribution in [3.63, 3.8) is 0 Å². The molecule has 6 rings (SSSR count). The summed E-state index contributed by atoms with van der Waals surface area (Å²) in [5.74, 6) is -4.37. The molecule has 3 fully saturated rings. The Balaban J connectivity index is 1.40. The van der Waals surface area contributed by atoms with Crippen LogP contribution >= 0.6 is 11.3 Å². The number of alkyl halides is 2. The van der Waals surface area contributed by atoms with Gasteiger partial charge in [0, 0.05) is 16.6 Å². The van der Waals surface area contributed by atoms with E-state index in [9.17, 15) is 28.4 Å². The van der Waals surface area contributed by atoms with E-state index in [1.807, 2.05) is 19.9 Å². The van der Waals surface area contributed by atoms with E-state index >= 15 is 0 Å². The molecule has 2 atom stereocenters. The minimum Gasteiger partial charge on any atom is -0.326 e. The maximum Gasteiger partial charge on any atom is 0.282 e. The molecule has 5 heterocycles. The fraction of sp³-hybridized carbons (Fsp3) is 0.385. The number of imide groups is 1. The molecular formula is C26H21F2N5O3S. The van der Waals surface area contributed by atoms with Crippen molar-refractivity contribution in [2.24, 2.45) is 17.3 Å². The number of halogens is 2. The number of hydrogen-bond donors (Lipinski definition) is 0. The molecule has 0 N–H and O–H groups in total. The molecule has 2 unspecified atom stereocenters. The Bertz CT molecular complexity index is 1560. The number of carbonyl (C=O) groups is 3. The van der Waals surface area contributed by atoms with Crippen molar-refractivity contribution in [2.45, 2.75) is 33.2 Å². The number of amides is 3. The summed E-state index contributed by atoms with van der Waals surface area (Å²) in [4.78, 5) is 50.8. The van der Waals surface area contributed by atoms with Crippen LogP contribution in [0.5, 0.6) is 0 Å². The number of likely N-dealkylation sites (tertiary alicyclic amines) is 2. The number of rotatable bonds is 4. The fourth-order valence-corrected chi connectivity index (χ4v) is 6.69. The summed E-state index contributed by atoms with van der Waals surface area (Å²) < 4.78 is 27.7. The van der Waals surface area contributed by atoms with Crippen LogP contribution in [0.1, 0.15) is 40.3 Å². The molecule has 3 aromatic rings. The summed E-state index contributed by atoms with van der Waals surface area (Å²) in [7, 11) is 0. The number of fused-ring (bicyclic) bond motifs is 2.